The predicted molar refractivity (Wildman–Crippen MR) is 87.3 cm³/mol. The fourth-order valence-corrected chi connectivity index (χ4v) is 3.92. The molecule has 3 heteroatoms. The molecule has 2 rings (SSSR count). The van der Waals surface area contributed by atoms with Gasteiger partial charge in [-0.15, -0.1) is 0 Å². The first-order valence-corrected chi connectivity index (χ1v) is 8.48. The molecule has 1 aliphatic heterocycles. The summed E-state index contributed by atoms with van der Waals surface area (Å²) in [5, 5.41) is 3.47. The zero-order valence-corrected chi connectivity index (χ0v) is 13.2. The highest BCUT2D eigenvalue weighted by Crippen LogP contribution is 2.28. The average Bonchev–Trinajstić information content (AvgIpc) is 2.92. The van der Waals surface area contributed by atoms with Crippen molar-refractivity contribution in [3.8, 4) is 0 Å². The molecule has 0 aliphatic carbocycles. The van der Waals surface area contributed by atoms with Crippen LogP contribution < -0.4 is 10.2 Å². The van der Waals surface area contributed by atoms with Crippen LogP contribution in [0.3, 0.4) is 0 Å². The number of nitrogens with zero attached hydrogens (tertiary/aromatic N) is 1. The van der Waals surface area contributed by atoms with Crippen LogP contribution >= 0.6 is 11.8 Å². The number of nitrogens with one attached hydrogen (secondary N) is 1. The van der Waals surface area contributed by atoms with E-state index >= 15 is 0 Å². The number of anilines is 1. The molecule has 1 saturated heterocycles. The van der Waals surface area contributed by atoms with Gasteiger partial charge >= 0.3 is 0 Å². The summed E-state index contributed by atoms with van der Waals surface area (Å²) in [4.78, 5) is 2.47. The van der Waals surface area contributed by atoms with E-state index < -0.39 is 0 Å². The molecule has 106 valence electrons. The van der Waals surface area contributed by atoms with Gasteiger partial charge in [0.25, 0.3) is 0 Å². The molecule has 0 aromatic heterocycles. The van der Waals surface area contributed by atoms with Gasteiger partial charge in [-0.2, -0.15) is 11.8 Å². The third-order valence-corrected chi connectivity index (χ3v) is 5.00. The lowest BCUT2D eigenvalue weighted by Gasteiger charge is -2.28. The Morgan fingerprint density at radius 2 is 2.26 bits per heavy atom. The zero-order valence-electron chi connectivity index (χ0n) is 12.4. The van der Waals surface area contributed by atoms with E-state index in [0.717, 1.165) is 13.1 Å². The predicted octanol–water partition coefficient (Wildman–Crippen LogP) is 3.44. The number of benzene rings is 1. The maximum atomic E-state index is 3.47. The van der Waals surface area contributed by atoms with Gasteiger partial charge in [-0.3, -0.25) is 0 Å². The van der Waals surface area contributed by atoms with Crippen LogP contribution in [-0.2, 0) is 6.54 Å². The smallest absolute Gasteiger partial charge is 0.0396 e. The number of rotatable bonds is 6. The summed E-state index contributed by atoms with van der Waals surface area (Å²) in [6, 6.07) is 7.61. The van der Waals surface area contributed by atoms with Crippen molar-refractivity contribution in [3.63, 3.8) is 0 Å². The minimum Gasteiger partial charge on any atom is -0.371 e. The van der Waals surface area contributed by atoms with Gasteiger partial charge in [0.1, 0.15) is 0 Å². The molecule has 1 aliphatic rings. The van der Waals surface area contributed by atoms with E-state index in [4.69, 9.17) is 0 Å². The van der Waals surface area contributed by atoms with Crippen LogP contribution in [0.25, 0.3) is 0 Å². The molecular formula is C16H26N2S. The molecule has 0 amide bonds. The Balaban J connectivity index is 2.01. The molecule has 1 heterocycles. The molecule has 1 unspecified atom stereocenters. The fraction of sp³-hybridized carbons (Fsp3) is 0.625. The van der Waals surface area contributed by atoms with Crippen molar-refractivity contribution < 1.29 is 0 Å². The summed E-state index contributed by atoms with van der Waals surface area (Å²) < 4.78 is 0. The van der Waals surface area contributed by atoms with Crippen LogP contribution in [0.4, 0.5) is 5.69 Å². The van der Waals surface area contributed by atoms with Gasteiger partial charge in [-0.05, 0) is 49.3 Å². The maximum absolute atomic E-state index is 3.47. The molecular weight excluding hydrogens is 252 g/mol. The van der Waals surface area contributed by atoms with E-state index in [-0.39, 0.29) is 0 Å². The molecule has 1 N–H and O–H groups in total. The second-order valence-corrected chi connectivity index (χ2v) is 6.58. The minimum atomic E-state index is 0.716. The van der Waals surface area contributed by atoms with Gasteiger partial charge in [-0.25, -0.2) is 0 Å². The van der Waals surface area contributed by atoms with Gasteiger partial charge in [0.2, 0.25) is 0 Å². The summed E-state index contributed by atoms with van der Waals surface area (Å²) in [7, 11) is 2.24. The van der Waals surface area contributed by atoms with Crippen molar-refractivity contribution in [2.75, 3.05) is 30.0 Å². The van der Waals surface area contributed by atoms with Gasteiger partial charge in [0.05, 0.1) is 0 Å². The zero-order chi connectivity index (χ0) is 13.7. The third kappa shape index (κ3) is 3.90. The van der Waals surface area contributed by atoms with E-state index in [0.29, 0.717) is 6.04 Å². The fourth-order valence-electron chi connectivity index (χ4n) is 2.66. The highest BCUT2D eigenvalue weighted by molar-refractivity contribution is 7.99. The first kappa shape index (κ1) is 14.7. The summed E-state index contributed by atoms with van der Waals surface area (Å²) >= 11 is 2.08. The third-order valence-electron chi connectivity index (χ3n) is 3.85. The summed E-state index contributed by atoms with van der Waals surface area (Å²) in [5.74, 6) is 2.59. The second kappa shape index (κ2) is 7.20. The SMILES string of the molecule is CCCNCc1ccc(N(C)C2CCSC2)c(C)c1. The lowest BCUT2D eigenvalue weighted by molar-refractivity contribution is 0.674. The number of thioether (sulfide) groups is 1. The van der Waals surface area contributed by atoms with Crippen molar-refractivity contribution in [2.24, 2.45) is 0 Å². The van der Waals surface area contributed by atoms with Crippen LogP contribution in [0.1, 0.15) is 30.9 Å². The Morgan fingerprint density at radius 1 is 1.42 bits per heavy atom. The lowest BCUT2D eigenvalue weighted by atomic mass is 10.1. The second-order valence-electron chi connectivity index (χ2n) is 5.43. The van der Waals surface area contributed by atoms with Crippen molar-refractivity contribution in [1.82, 2.24) is 5.32 Å². The molecule has 1 aromatic carbocycles. The molecule has 1 aromatic rings. The molecule has 0 spiro atoms. The molecule has 0 saturated carbocycles. The summed E-state index contributed by atoms with van der Waals surface area (Å²) in [6.07, 6.45) is 2.51. The summed E-state index contributed by atoms with van der Waals surface area (Å²) in [6.45, 7) is 6.52. The first-order valence-electron chi connectivity index (χ1n) is 7.33. The van der Waals surface area contributed by atoms with E-state index in [2.05, 4.69) is 61.1 Å². The van der Waals surface area contributed by atoms with E-state index in [1.54, 1.807) is 0 Å². The van der Waals surface area contributed by atoms with Crippen molar-refractivity contribution in [3.05, 3.63) is 29.3 Å². The Kier molecular flexibility index (Phi) is 5.59. The highest BCUT2D eigenvalue weighted by Gasteiger charge is 2.21. The van der Waals surface area contributed by atoms with Crippen molar-refractivity contribution in [1.29, 1.82) is 0 Å². The van der Waals surface area contributed by atoms with Gasteiger partial charge in [0, 0.05) is 31.1 Å². The van der Waals surface area contributed by atoms with Crippen LogP contribution in [0.2, 0.25) is 0 Å². The maximum Gasteiger partial charge on any atom is 0.0396 e. The quantitative estimate of drug-likeness (QED) is 0.803. The monoisotopic (exact) mass is 278 g/mol. The minimum absolute atomic E-state index is 0.716. The van der Waals surface area contributed by atoms with Gasteiger partial charge in [0.15, 0.2) is 0 Å². The van der Waals surface area contributed by atoms with Crippen molar-refractivity contribution >= 4 is 17.4 Å². The molecule has 1 atom stereocenters. The molecule has 0 bridgehead atoms. The van der Waals surface area contributed by atoms with Crippen LogP contribution in [0, 0.1) is 6.92 Å². The van der Waals surface area contributed by atoms with Crippen LogP contribution in [-0.4, -0.2) is 31.1 Å². The Bertz CT molecular complexity index is 400. The van der Waals surface area contributed by atoms with Gasteiger partial charge in [-0.1, -0.05) is 19.1 Å². The molecule has 0 radical (unpaired) electrons. The normalized spacial score (nSPS) is 18.8. The average molecular weight is 278 g/mol. The van der Waals surface area contributed by atoms with Crippen LogP contribution in [0.15, 0.2) is 18.2 Å². The van der Waals surface area contributed by atoms with Crippen molar-refractivity contribution in [2.45, 2.75) is 39.3 Å². The summed E-state index contributed by atoms with van der Waals surface area (Å²) in [5.41, 5.74) is 4.19. The molecule has 2 nitrogen and oxygen atoms in total. The van der Waals surface area contributed by atoms with E-state index in [1.165, 1.54) is 41.2 Å². The van der Waals surface area contributed by atoms with Crippen LogP contribution in [0.5, 0.6) is 0 Å². The Hall–Kier alpha value is -0.670. The van der Waals surface area contributed by atoms with Gasteiger partial charge < -0.3 is 10.2 Å². The Labute approximate surface area is 122 Å². The van der Waals surface area contributed by atoms with E-state index in [1.807, 2.05) is 0 Å². The molecule has 1 fully saturated rings. The first-order chi connectivity index (χ1) is 9.22. The number of hydrogen-bond donors (Lipinski definition) is 1. The number of aryl methyl sites for hydroxylation is 1. The highest BCUT2D eigenvalue weighted by atomic mass is 32.2. The van der Waals surface area contributed by atoms with E-state index in [9.17, 15) is 0 Å². The molecule has 19 heavy (non-hydrogen) atoms. The largest absolute Gasteiger partial charge is 0.371 e. The number of hydrogen-bond acceptors (Lipinski definition) is 3. The Morgan fingerprint density at radius 3 is 2.89 bits per heavy atom. The lowest BCUT2D eigenvalue weighted by Crippen LogP contribution is -2.31. The topological polar surface area (TPSA) is 15.3 Å². The standard InChI is InChI=1S/C16H26N2S/c1-4-8-17-11-14-5-6-16(13(2)10-14)18(3)15-7-9-19-12-15/h5-6,10,15,17H,4,7-9,11-12H2,1-3H3.